The minimum Gasteiger partial charge on any atom is -0.353 e. The summed E-state index contributed by atoms with van der Waals surface area (Å²) in [4.78, 5) is 39.0. The number of amides is 3. The molecule has 0 aliphatic heterocycles. The number of carbonyl (C=O) groups is 3. The number of hydroxylamine groups is 1. The highest BCUT2D eigenvalue weighted by Gasteiger charge is 2.17. The molecule has 1 heterocycles. The molecule has 0 aliphatic rings. The van der Waals surface area contributed by atoms with Crippen LogP contribution < -0.4 is 21.0 Å². The molecule has 0 spiro atoms. The van der Waals surface area contributed by atoms with Crippen molar-refractivity contribution in [1.29, 1.82) is 0 Å². The van der Waals surface area contributed by atoms with Crippen molar-refractivity contribution in [3.63, 3.8) is 0 Å². The van der Waals surface area contributed by atoms with Gasteiger partial charge in [-0.1, -0.05) is 24.3 Å². The summed E-state index contributed by atoms with van der Waals surface area (Å²) in [5, 5.41) is 15.3. The lowest BCUT2D eigenvalue weighted by Crippen LogP contribution is -2.40. The number of allylic oxidation sites excluding steroid dienone is 2. The minimum atomic E-state index is -0.590. The molecule has 0 saturated heterocycles. The smallest absolute Gasteiger partial charge is 0.284 e. The maximum atomic E-state index is 12.7. The van der Waals surface area contributed by atoms with Crippen LogP contribution in [-0.2, 0) is 9.59 Å². The van der Waals surface area contributed by atoms with Gasteiger partial charge in [0.1, 0.15) is 0 Å². The molecular weight excluding hydrogens is 428 g/mol. The molecule has 9 heteroatoms. The Labute approximate surface area is 189 Å². The van der Waals surface area contributed by atoms with Gasteiger partial charge < -0.3 is 15.5 Å². The van der Waals surface area contributed by atoms with E-state index in [1.807, 2.05) is 37.3 Å². The largest absolute Gasteiger partial charge is 0.353 e. The average Bonchev–Trinajstić information content (AvgIpc) is 3.22. The summed E-state index contributed by atoms with van der Waals surface area (Å²) in [6, 6.07) is 16.2. The molecule has 0 saturated carbocycles. The molecule has 0 fully saturated rings. The van der Waals surface area contributed by atoms with Crippen LogP contribution in [0.2, 0.25) is 0 Å². The van der Waals surface area contributed by atoms with Gasteiger partial charge in [-0.05, 0) is 55.6 Å². The van der Waals surface area contributed by atoms with Crippen LogP contribution >= 0.6 is 11.3 Å². The molecule has 0 atom stereocenters. The lowest BCUT2D eigenvalue weighted by molar-refractivity contribution is -0.119. The van der Waals surface area contributed by atoms with Crippen molar-refractivity contribution in [2.45, 2.75) is 13.8 Å². The fourth-order valence-corrected chi connectivity index (χ4v) is 3.97. The molecule has 8 nitrogen and oxygen atoms in total. The van der Waals surface area contributed by atoms with E-state index in [2.05, 4.69) is 10.6 Å². The first-order chi connectivity index (χ1) is 15.4. The van der Waals surface area contributed by atoms with Crippen LogP contribution in [-0.4, -0.2) is 36.0 Å². The van der Waals surface area contributed by atoms with Gasteiger partial charge in [0.15, 0.2) is 0 Å². The Morgan fingerprint density at radius 3 is 2.44 bits per heavy atom. The molecule has 0 unspecified atom stereocenters. The van der Waals surface area contributed by atoms with Gasteiger partial charge in [-0.3, -0.25) is 19.6 Å². The molecule has 2 aromatic carbocycles. The van der Waals surface area contributed by atoms with Gasteiger partial charge in [-0.25, -0.2) is 5.48 Å². The van der Waals surface area contributed by atoms with E-state index in [1.54, 1.807) is 47.6 Å². The summed E-state index contributed by atoms with van der Waals surface area (Å²) in [6.45, 7) is 3.53. The van der Waals surface area contributed by atoms with Gasteiger partial charge in [0.25, 0.3) is 5.91 Å². The van der Waals surface area contributed by atoms with E-state index in [1.165, 1.54) is 11.3 Å². The first kappa shape index (κ1) is 23.0. The number of fused-ring (bicyclic) bond motifs is 1. The molecule has 32 heavy (non-hydrogen) atoms. The Balaban J connectivity index is 1.85. The predicted octanol–water partition coefficient (Wildman–Crippen LogP) is 3.51. The Bertz CT molecular complexity index is 1160. The number of nitrogens with one attached hydrogen (secondary N) is 3. The highest BCUT2D eigenvalue weighted by Crippen LogP contribution is 2.29. The van der Waals surface area contributed by atoms with Gasteiger partial charge in [0.05, 0.1) is 18.0 Å². The Morgan fingerprint density at radius 1 is 1.03 bits per heavy atom. The quantitative estimate of drug-likeness (QED) is 0.309. The van der Waals surface area contributed by atoms with Crippen molar-refractivity contribution in [2.24, 2.45) is 0 Å². The van der Waals surface area contributed by atoms with E-state index in [9.17, 15) is 14.4 Å². The van der Waals surface area contributed by atoms with E-state index >= 15 is 0 Å². The fraction of sp³-hybridized carbons (Fsp3) is 0.174. The standard InChI is InChI=1S/C23H24N4O4S/c1-3-15(2)24-21(28)13-27(14-22(29)25-17-7-5-4-6-8-17)18-9-10-19-16(11-18)12-20(32-19)23(30)26-31/h3-12,31H,13-14H2,1-2H3,(H,24,28)(H,25,29)(H,26,30)/b15-3+. The molecule has 0 radical (unpaired) electrons. The van der Waals surface area contributed by atoms with E-state index in [4.69, 9.17) is 5.21 Å². The zero-order valence-corrected chi connectivity index (χ0v) is 18.5. The van der Waals surface area contributed by atoms with Crippen molar-refractivity contribution in [2.75, 3.05) is 23.3 Å². The first-order valence-corrected chi connectivity index (χ1v) is 10.7. The van der Waals surface area contributed by atoms with Crippen LogP contribution in [0, 0.1) is 0 Å². The van der Waals surface area contributed by atoms with Gasteiger partial charge in [0.2, 0.25) is 11.8 Å². The average molecular weight is 453 g/mol. The summed E-state index contributed by atoms with van der Waals surface area (Å²) < 4.78 is 0.843. The third-order valence-electron chi connectivity index (χ3n) is 4.69. The number of benzene rings is 2. The number of thiophene rings is 1. The van der Waals surface area contributed by atoms with E-state index in [0.717, 1.165) is 15.8 Å². The second kappa shape index (κ2) is 10.6. The highest BCUT2D eigenvalue weighted by atomic mass is 32.1. The van der Waals surface area contributed by atoms with Gasteiger partial charge in [-0.15, -0.1) is 11.3 Å². The third kappa shape index (κ3) is 5.93. The monoisotopic (exact) mass is 452 g/mol. The van der Waals surface area contributed by atoms with Crippen LogP contribution in [0.3, 0.4) is 0 Å². The second-order valence-corrected chi connectivity index (χ2v) is 8.15. The number of hydrogen-bond acceptors (Lipinski definition) is 6. The Kier molecular flexibility index (Phi) is 7.58. The van der Waals surface area contributed by atoms with Crippen LogP contribution in [0.15, 0.2) is 66.4 Å². The van der Waals surface area contributed by atoms with Crippen molar-refractivity contribution in [3.8, 4) is 0 Å². The molecule has 166 valence electrons. The van der Waals surface area contributed by atoms with Crippen LogP contribution in [0.5, 0.6) is 0 Å². The molecule has 4 N–H and O–H groups in total. The molecule has 3 rings (SSSR count). The van der Waals surface area contributed by atoms with Crippen molar-refractivity contribution in [1.82, 2.24) is 10.8 Å². The fourth-order valence-electron chi connectivity index (χ4n) is 3.03. The SMILES string of the molecule is C/C=C(\C)NC(=O)CN(CC(=O)Nc1ccccc1)c1ccc2sc(C(=O)NO)cc2c1. The summed E-state index contributed by atoms with van der Waals surface area (Å²) in [7, 11) is 0. The summed E-state index contributed by atoms with van der Waals surface area (Å²) in [5.41, 5.74) is 3.67. The van der Waals surface area contributed by atoms with Gasteiger partial charge in [0, 0.05) is 21.8 Å². The van der Waals surface area contributed by atoms with Crippen molar-refractivity contribution >= 4 is 50.5 Å². The van der Waals surface area contributed by atoms with Crippen molar-refractivity contribution in [3.05, 3.63) is 71.2 Å². The lowest BCUT2D eigenvalue weighted by atomic mass is 10.2. The van der Waals surface area contributed by atoms with E-state index < -0.39 is 5.91 Å². The lowest BCUT2D eigenvalue weighted by Gasteiger charge is -2.24. The maximum absolute atomic E-state index is 12.7. The summed E-state index contributed by atoms with van der Waals surface area (Å²) in [5.74, 6) is -1.11. The number of rotatable bonds is 8. The van der Waals surface area contributed by atoms with Crippen LogP contribution in [0.4, 0.5) is 11.4 Å². The molecular formula is C23H24N4O4S. The molecule has 0 aliphatic carbocycles. The topological polar surface area (TPSA) is 111 Å². The number of nitrogens with zero attached hydrogens (tertiary/aromatic N) is 1. The predicted molar refractivity (Wildman–Crippen MR) is 126 cm³/mol. The normalized spacial score (nSPS) is 11.2. The van der Waals surface area contributed by atoms with Crippen LogP contribution in [0.25, 0.3) is 10.1 Å². The van der Waals surface area contributed by atoms with E-state index in [-0.39, 0.29) is 24.9 Å². The number of para-hydroxylation sites is 1. The Morgan fingerprint density at radius 2 is 1.75 bits per heavy atom. The third-order valence-corrected chi connectivity index (χ3v) is 5.80. The number of anilines is 2. The van der Waals surface area contributed by atoms with E-state index in [0.29, 0.717) is 16.3 Å². The molecule has 1 aromatic heterocycles. The van der Waals surface area contributed by atoms with Crippen LogP contribution in [0.1, 0.15) is 23.5 Å². The zero-order valence-electron chi connectivity index (χ0n) is 17.7. The summed E-state index contributed by atoms with van der Waals surface area (Å²) in [6.07, 6.45) is 1.79. The van der Waals surface area contributed by atoms with Gasteiger partial charge in [-0.2, -0.15) is 0 Å². The molecule has 3 amide bonds. The second-order valence-electron chi connectivity index (χ2n) is 7.06. The highest BCUT2D eigenvalue weighted by molar-refractivity contribution is 7.20. The number of hydrogen-bond donors (Lipinski definition) is 4. The first-order valence-electron chi connectivity index (χ1n) is 9.90. The molecule has 3 aromatic rings. The summed E-state index contributed by atoms with van der Waals surface area (Å²) >= 11 is 1.23. The van der Waals surface area contributed by atoms with Gasteiger partial charge >= 0.3 is 0 Å². The molecule has 0 bridgehead atoms. The minimum absolute atomic E-state index is 0.0347. The number of carbonyl (C=O) groups excluding carboxylic acids is 3. The van der Waals surface area contributed by atoms with Crippen molar-refractivity contribution < 1.29 is 19.6 Å². The maximum Gasteiger partial charge on any atom is 0.284 e. The zero-order chi connectivity index (χ0) is 23.1. The Hall–Kier alpha value is -3.69.